The number of H-pyrrole nitrogens is 1. The molecule has 0 aliphatic rings. The summed E-state index contributed by atoms with van der Waals surface area (Å²) in [6.45, 7) is 3.79. The zero-order chi connectivity index (χ0) is 19.7. The molecule has 1 amide bonds. The number of carbonyl (C=O) groups is 1. The van der Waals surface area contributed by atoms with Crippen LogP contribution in [0.5, 0.6) is 0 Å². The fraction of sp³-hybridized carbons (Fsp3) is 0.176. The Bertz CT molecular complexity index is 1170. The molecule has 4 N–H and O–H groups in total. The lowest BCUT2D eigenvalue weighted by Gasteiger charge is -2.08. The molecule has 0 fully saturated rings. The van der Waals surface area contributed by atoms with Gasteiger partial charge in [-0.15, -0.1) is 5.10 Å². The lowest BCUT2D eigenvalue weighted by atomic mass is 10.1. The molecule has 11 nitrogen and oxygen atoms in total. The molecular weight excluding hydrogens is 362 g/mol. The zero-order valence-electron chi connectivity index (χ0n) is 15.1. The molecule has 28 heavy (non-hydrogen) atoms. The number of nitrogens with zero attached hydrogens (tertiary/aromatic N) is 6. The van der Waals surface area contributed by atoms with Crippen molar-refractivity contribution < 1.29 is 9.42 Å². The molecule has 4 aromatic rings. The van der Waals surface area contributed by atoms with Crippen LogP contribution < -0.4 is 11.2 Å². The van der Waals surface area contributed by atoms with Crippen LogP contribution in [-0.2, 0) is 0 Å². The summed E-state index contributed by atoms with van der Waals surface area (Å²) in [6.07, 6.45) is 3.38. The van der Waals surface area contributed by atoms with Gasteiger partial charge >= 0.3 is 0 Å². The molecule has 11 heteroatoms. The maximum Gasteiger partial charge on any atom is 0.293 e. The summed E-state index contributed by atoms with van der Waals surface area (Å²) in [7, 11) is 0. The summed E-state index contributed by atoms with van der Waals surface area (Å²) in [5.41, 5.74) is 10.7. The van der Waals surface area contributed by atoms with Crippen molar-refractivity contribution in [3.63, 3.8) is 0 Å². The molecule has 142 valence electrons. The van der Waals surface area contributed by atoms with Crippen molar-refractivity contribution in [3.8, 4) is 5.82 Å². The first-order valence-corrected chi connectivity index (χ1v) is 8.49. The van der Waals surface area contributed by atoms with E-state index in [9.17, 15) is 4.79 Å². The van der Waals surface area contributed by atoms with Crippen LogP contribution in [0.25, 0.3) is 16.7 Å². The van der Waals surface area contributed by atoms with Gasteiger partial charge in [-0.25, -0.2) is 10.1 Å². The van der Waals surface area contributed by atoms with Crippen molar-refractivity contribution in [2.75, 3.05) is 5.73 Å². The molecule has 1 aromatic carbocycles. The van der Waals surface area contributed by atoms with E-state index >= 15 is 0 Å². The molecule has 3 heterocycles. The van der Waals surface area contributed by atoms with Crippen molar-refractivity contribution in [1.29, 1.82) is 0 Å². The number of hydrazone groups is 1. The summed E-state index contributed by atoms with van der Waals surface area (Å²) in [4.78, 5) is 15.7. The van der Waals surface area contributed by atoms with Crippen molar-refractivity contribution >= 4 is 28.8 Å². The minimum absolute atomic E-state index is 0.0520. The Balaban J connectivity index is 1.58. The lowest BCUT2D eigenvalue weighted by Crippen LogP contribution is -2.21. The number of para-hydroxylation sites is 1. The first-order chi connectivity index (χ1) is 13.6. The number of hydrogen-bond donors (Lipinski definition) is 3. The van der Waals surface area contributed by atoms with Crippen LogP contribution >= 0.6 is 0 Å². The van der Waals surface area contributed by atoms with Gasteiger partial charge in [0.1, 0.15) is 0 Å². The van der Waals surface area contributed by atoms with Gasteiger partial charge in [-0.05, 0) is 22.3 Å². The quantitative estimate of drug-likeness (QED) is 0.351. The predicted octanol–water partition coefficient (Wildman–Crippen LogP) is 1.60. The van der Waals surface area contributed by atoms with Crippen molar-refractivity contribution in [3.05, 3.63) is 47.4 Å². The van der Waals surface area contributed by atoms with Crippen molar-refractivity contribution in [2.45, 2.75) is 19.8 Å². The maximum absolute atomic E-state index is 12.6. The number of carbonyl (C=O) groups excluding carboxylic acids is 1. The number of anilines is 1. The third kappa shape index (κ3) is 2.98. The Morgan fingerprint density at radius 3 is 2.93 bits per heavy atom. The number of nitrogens with one attached hydrogen (secondary N) is 2. The van der Waals surface area contributed by atoms with E-state index in [1.807, 2.05) is 44.3 Å². The van der Waals surface area contributed by atoms with Crippen LogP contribution in [-0.4, -0.2) is 42.4 Å². The molecule has 4 rings (SSSR count). The SMILES string of the molecule is CC(C)c1c(C(=O)N/N=C\c2c[nH]c3ccccc23)nnn1-c1nonc1N. The Kier molecular flexibility index (Phi) is 4.32. The minimum atomic E-state index is -0.499. The Morgan fingerprint density at radius 2 is 2.18 bits per heavy atom. The summed E-state index contributed by atoms with van der Waals surface area (Å²) in [6, 6.07) is 7.80. The number of fused-ring (bicyclic) bond motifs is 1. The first-order valence-electron chi connectivity index (χ1n) is 8.49. The summed E-state index contributed by atoms with van der Waals surface area (Å²) in [5, 5.41) is 20.2. The van der Waals surface area contributed by atoms with E-state index in [1.54, 1.807) is 6.21 Å². The van der Waals surface area contributed by atoms with Crippen LogP contribution in [0.3, 0.4) is 0 Å². The van der Waals surface area contributed by atoms with Gasteiger partial charge in [-0.3, -0.25) is 4.79 Å². The summed E-state index contributed by atoms with van der Waals surface area (Å²) < 4.78 is 5.95. The average molecular weight is 379 g/mol. The van der Waals surface area contributed by atoms with Gasteiger partial charge in [0, 0.05) is 22.7 Å². The molecule has 3 aromatic heterocycles. The van der Waals surface area contributed by atoms with Gasteiger partial charge in [-0.2, -0.15) is 9.78 Å². The molecule has 0 atom stereocenters. The van der Waals surface area contributed by atoms with E-state index in [4.69, 9.17) is 5.73 Å². The molecule has 0 radical (unpaired) electrons. The normalized spacial score (nSPS) is 11.7. The summed E-state index contributed by atoms with van der Waals surface area (Å²) >= 11 is 0. The molecule has 0 unspecified atom stereocenters. The van der Waals surface area contributed by atoms with E-state index in [0.29, 0.717) is 5.69 Å². The molecule has 0 saturated heterocycles. The highest BCUT2D eigenvalue weighted by molar-refractivity contribution is 6.00. The van der Waals surface area contributed by atoms with Crippen LogP contribution in [0.15, 0.2) is 40.2 Å². The largest absolute Gasteiger partial charge is 0.378 e. The van der Waals surface area contributed by atoms with E-state index < -0.39 is 5.91 Å². The monoisotopic (exact) mass is 379 g/mol. The third-order valence-electron chi connectivity index (χ3n) is 4.15. The maximum atomic E-state index is 12.6. The van der Waals surface area contributed by atoms with Gasteiger partial charge in [0.05, 0.1) is 11.9 Å². The highest BCUT2D eigenvalue weighted by Crippen LogP contribution is 2.22. The Morgan fingerprint density at radius 1 is 1.36 bits per heavy atom. The second-order valence-corrected chi connectivity index (χ2v) is 6.35. The second kappa shape index (κ2) is 6.95. The molecule has 0 aliphatic carbocycles. The number of aromatic amines is 1. The molecule has 0 aliphatic heterocycles. The number of hydrogen-bond acceptors (Lipinski definition) is 8. The number of benzene rings is 1. The van der Waals surface area contributed by atoms with E-state index in [0.717, 1.165) is 16.5 Å². The molecular formula is C17H17N9O2. The number of aromatic nitrogens is 6. The fourth-order valence-corrected chi connectivity index (χ4v) is 2.88. The van der Waals surface area contributed by atoms with Gasteiger partial charge in [0.2, 0.25) is 11.6 Å². The van der Waals surface area contributed by atoms with Crippen LogP contribution in [0.1, 0.15) is 41.5 Å². The number of rotatable bonds is 5. The van der Waals surface area contributed by atoms with E-state index in [-0.39, 0.29) is 23.2 Å². The summed E-state index contributed by atoms with van der Waals surface area (Å²) in [5.74, 6) is -0.362. The van der Waals surface area contributed by atoms with E-state index in [2.05, 4.69) is 40.8 Å². The van der Waals surface area contributed by atoms with Gasteiger partial charge < -0.3 is 10.7 Å². The first kappa shape index (κ1) is 17.4. The van der Waals surface area contributed by atoms with Crippen molar-refractivity contribution in [2.24, 2.45) is 5.10 Å². The molecule has 0 spiro atoms. The molecule has 0 bridgehead atoms. The zero-order valence-corrected chi connectivity index (χ0v) is 15.1. The smallest absolute Gasteiger partial charge is 0.293 e. The number of nitrogen functional groups attached to an aromatic ring is 1. The van der Waals surface area contributed by atoms with Gasteiger partial charge in [0.15, 0.2) is 5.69 Å². The Hall–Kier alpha value is -4.02. The standard InChI is InChI=1S/C17H17N9O2/c1-9(2)14-13(21-25-26(14)16-15(18)23-28-24-16)17(27)22-20-8-10-7-19-12-6-4-3-5-11(10)12/h3-9,19H,1-2H3,(H2,18,23)(H,22,27)/b20-8-. The van der Waals surface area contributed by atoms with Crippen LogP contribution in [0.4, 0.5) is 5.82 Å². The van der Waals surface area contributed by atoms with Gasteiger partial charge in [0.25, 0.3) is 5.91 Å². The van der Waals surface area contributed by atoms with Crippen molar-refractivity contribution in [1.82, 2.24) is 35.7 Å². The third-order valence-corrected chi connectivity index (χ3v) is 4.15. The predicted molar refractivity (Wildman–Crippen MR) is 101 cm³/mol. The lowest BCUT2D eigenvalue weighted by molar-refractivity contribution is 0.0948. The van der Waals surface area contributed by atoms with Gasteiger partial charge in [-0.1, -0.05) is 37.3 Å². The number of nitrogens with two attached hydrogens (primary N) is 1. The average Bonchev–Trinajstić information content (AvgIpc) is 3.39. The number of amides is 1. The highest BCUT2D eigenvalue weighted by Gasteiger charge is 2.25. The fourth-order valence-electron chi connectivity index (χ4n) is 2.88. The van der Waals surface area contributed by atoms with Crippen LogP contribution in [0, 0.1) is 0 Å². The molecule has 0 saturated carbocycles. The van der Waals surface area contributed by atoms with E-state index in [1.165, 1.54) is 4.68 Å². The minimum Gasteiger partial charge on any atom is -0.378 e. The van der Waals surface area contributed by atoms with Crippen LogP contribution in [0.2, 0.25) is 0 Å². The highest BCUT2D eigenvalue weighted by atomic mass is 16.6. The Labute approximate surface area is 158 Å². The topological polar surface area (TPSA) is 153 Å². The second-order valence-electron chi connectivity index (χ2n) is 6.35.